The van der Waals surface area contributed by atoms with Crippen LogP contribution >= 0.6 is 0 Å². The van der Waals surface area contributed by atoms with Crippen molar-refractivity contribution in [3.05, 3.63) is 94.0 Å². The van der Waals surface area contributed by atoms with E-state index in [4.69, 9.17) is 28.4 Å². The first-order valence-corrected chi connectivity index (χ1v) is 20.2. The summed E-state index contributed by atoms with van der Waals surface area (Å²) in [5, 5.41) is 11.4. The fraction of sp³-hybridized carbons (Fsp3) is 0.478. The lowest BCUT2D eigenvalue weighted by Gasteiger charge is -2.37. The Morgan fingerprint density at radius 3 is 2.18 bits per heavy atom. The first-order chi connectivity index (χ1) is 27.2. The summed E-state index contributed by atoms with van der Waals surface area (Å²) in [5.41, 5.74) is 6.96. The largest absolute Gasteiger partial charge is 0.493 e. The number of methoxy groups -OCH3 is 3. The van der Waals surface area contributed by atoms with Gasteiger partial charge in [0.2, 0.25) is 5.75 Å². The zero-order valence-electron chi connectivity index (χ0n) is 33.8. The van der Waals surface area contributed by atoms with Crippen molar-refractivity contribution in [3.8, 4) is 46.0 Å². The lowest BCUT2D eigenvalue weighted by molar-refractivity contribution is 0.0521. The van der Waals surface area contributed by atoms with Crippen LogP contribution in [0.1, 0.15) is 65.2 Å². The SMILES string of the molecule is COc1ccc2cc1Oc1ccc(cc1)CC1c3cc(c(OC)cc3CCN1C)Oc1c(OCC(O)CN3CCCC(C)C3)c(OC)cc3c1C(C2)N(C)CC3. The molecule has 56 heavy (non-hydrogen) atoms. The van der Waals surface area contributed by atoms with E-state index in [1.165, 1.54) is 23.1 Å². The molecule has 4 aromatic carbocycles. The minimum absolute atomic E-state index is 0.0799. The molecule has 298 valence electrons. The Labute approximate surface area is 331 Å². The molecule has 1 fully saturated rings. The lowest BCUT2D eigenvalue weighted by atomic mass is 9.87. The number of hydrogen-bond donors (Lipinski definition) is 1. The first-order valence-electron chi connectivity index (χ1n) is 20.2. The van der Waals surface area contributed by atoms with E-state index in [0.29, 0.717) is 59.1 Å². The molecule has 9 rings (SSSR count). The van der Waals surface area contributed by atoms with Gasteiger partial charge in [0.1, 0.15) is 18.5 Å². The molecule has 0 aromatic heterocycles. The molecule has 0 radical (unpaired) electrons. The van der Waals surface area contributed by atoms with E-state index in [1.807, 2.05) is 18.2 Å². The number of aliphatic hydroxyl groups excluding tert-OH is 1. The molecule has 4 aromatic rings. The third-order valence-electron chi connectivity index (χ3n) is 12.3. The van der Waals surface area contributed by atoms with E-state index in [9.17, 15) is 5.11 Å². The van der Waals surface area contributed by atoms with Crippen molar-refractivity contribution in [3.63, 3.8) is 0 Å². The third kappa shape index (κ3) is 7.89. The molecule has 4 atom stereocenters. The highest BCUT2D eigenvalue weighted by atomic mass is 16.6. The van der Waals surface area contributed by atoms with E-state index in [2.05, 4.69) is 78.2 Å². The molecule has 5 aliphatic rings. The number of β-amino-alcohol motifs (C(OH)–C–C–N with tert-alkyl or cyclic N) is 1. The number of fused-ring (bicyclic) bond motifs is 2. The van der Waals surface area contributed by atoms with Crippen LogP contribution in [0, 0.1) is 5.92 Å². The van der Waals surface area contributed by atoms with Crippen molar-refractivity contribution >= 4 is 0 Å². The minimum atomic E-state index is -0.688. The maximum Gasteiger partial charge on any atom is 0.204 e. The van der Waals surface area contributed by atoms with Gasteiger partial charge in [0.15, 0.2) is 34.5 Å². The number of nitrogens with zero attached hydrogens (tertiary/aromatic N) is 3. The molecule has 4 unspecified atom stereocenters. The van der Waals surface area contributed by atoms with Gasteiger partial charge in [-0.1, -0.05) is 25.1 Å². The fourth-order valence-corrected chi connectivity index (χ4v) is 9.20. The van der Waals surface area contributed by atoms with Gasteiger partial charge in [-0.05, 0) is 135 Å². The maximum atomic E-state index is 11.4. The van der Waals surface area contributed by atoms with Crippen LogP contribution in [0.2, 0.25) is 0 Å². The number of piperidine rings is 1. The van der Waals surface area contributed by atoms with E-state index >= 15 is 0 Å². The van der Waals surface area contributed by atoms with E-state index in [0.717, 1.165) is 74.3 Å². The number of hydrogen-bond acceptors (Lipinski definition) is 10. The predicted molar refractivity (Wildman–Crippen MR) is 217 cm³/mol. The molecular weight excluding hydrogens is 707 g/mol. The first kappa shape index (κ1) is 38.4. The number of ether oxygens (including phenoxy) is 6. The van der Waals surface area contributed by atoms with Crippen LogP contribution in [0.3, 0.4) is 0 Å². The van der Waals surface area contributed by atoms with Gasteiger partial charge in [0.25, 0.3) is 0 Å². The molecule has 0 spiro atoms. The molecule has 5 aliphatic heterocycles. The molecule has 1 saturated heterocycles. The summed E-state index contributed by atoms with van der Waals surface area (Å²) in [4.78, 5) is 7.16. The molecule has 0 aliphatic carbocycles. The molecule has 1 N–H and O–H groups in total. The fourth-order valence-electron chi connectivity index (χ4n) is 9.20. The quantitative estimate of drug-likeness (QED) is 0.194. The van der Waals surface area contributed by atoms with E-state index in [-0.39, 0.29) is 18.7 Å². The summed E-state index contributed by atoms with van der Waals surface area (Å²) in [6.07, 6.45) is 4.90. The second-order valence-corrected chi connectivity index (χ2v) is 16.2. The number of rotatable bonds is 8. The summed E-state index contributed by atoms with van der Waals surface area (Å²) in [5.74, 6) is 5.68. The van der Waals surface area contributed by atoms with Gasteiger partial charge in [-0.3, -0.25) is 9.80 Å². The van der Waals surface area contributed by atoms with Crippen LogP contribution in [0.5, 0.6) is 46.0 Å². The van der Waals surface area contributed by atoms with Gasteiger partial charge in [-0.2, -0.15) is 0 Å². The standard InChI is InChI=1S/C46H57N3O7/c1-29-8-7-17-49(26-29)27-34(50)28-54-45-43(53-6)24-33-16-19-48(3)38-21-31-11-14-39(51-4)41(22-31)55-35-12-9-30(10-13-35)20-37-36-25-42(56-46(45)44(33)38)40(52-5)23-32(36)15-18-47(37)2/h9-14,22-25,29,34,37-38,50H,7-8,15-21,26-28H2,1-6H3. The Morgan fingerprint density at radius 1 is 0.750 bits per heavy atom. The Kier molecular flexibility index (Phi) is 11.3. The highest BCUT2D eigenvalue weighted by molar-refractivity contribution is 5.64. The van der Waals surface area contributed by atoms with E-state index in [1.54, 1.807) is 21.3 Å². The maximum absolute atomic E-state index is 11.4. The summed E-state index contributed by atoms with van der Waals surface area (Å²) < 4.78 is 38.4. The van der Waals surface area contributed by atoms with Crippen molar-refractivity contribution in [1.29, 1.82) is 0 Å². The van der Waals surface area contributed by atoms with Gasteiger partial charge >= 0.3 is 0 Å². The molecule has 10 heteroatoms. The van der Waals surface area contributed by atoms with Gasteiger partial charge in [-0.15, -0.1) is 0 Å². The number of aliphatic hydroxyl groups is 1. The van der Waals surface area contributed by atoms with Crippen LogP contribution < -0.4 is 28.4 Å². The van der Waals surface area contributed by atoms with Crippen LogP contribution in [0.25, 0.3) is 0 Å². The topological polar surface area (TPSA) is 85.3 Å². The number of benzene rings is 4. The van der Waals surface area contributed by atoms with Crippen LogP contribution in [0.15, 0.2) is 60.7 Å². The summed E-state index contributed by atoms with van der Waals surface area (Å²) in [6, 6.07) is 21.1. The van der Waals surface area contributed by atoms with Crippen molar-refractivity contribution in [2.45, 2.75) is 63.6 Å². The van der Waals surface area contributed by atoms with Crippen molar-refractivity contribution in [1.82, 2.24) is 14.7 Å². The van der Waals surface area contributed by atoms with Crippen molar-refractivity contribution in [2.24, 2.45) is 5.92 Å². The van der Waals surface area contributed by atoms with Gasteiger partial charge < -0.3 is 38.4 Å². The smallest absolute Gasteiger partial charge is 0.204 e. The Balaban J connectivity index is 1.28. The molecular formula is C46H57N3O7. The van der Waals surface area contributed by atoms with Crippen LogP contribution in [0.4, 0.5) is 0 Å². The monoisotopic (exact) mass is 763 g/mol. The molecule has 5 heterocycles. The lowest BCUT2D eigenvalue weighted by Crippen LogP contribution is -2.41. The van der Waals surface area contributed by atoms with Crippen LogP contribution in [-0.4, -0.2) is 101 Å². The summed E-state index contributed by atoms with van der Waals surface area (Å²) >= 11 is 0. The molecule has 6 bridgehead atoms. The molecule has 0 saturated carbocycles. The van der Waals surface area contributed by atoms with Crippen LogP contribution in [-0.2, 0) is 25.7 Å². The van der Waals surface area contributed by atoms with Crippen molar-refractivity contribution < 1.29 is 33.5 Å². The van der Waals surface area contributed by atoms with Crippen molar-refractivity contribution in [2.75, 3.05) is 74.8 Å². The second-order valence-electron chi connectivity index (χ2n) is 16.2. The number of likely N-dealkylation sites (tertiary alicyclic amines) is 1. The Morgan fingerprint density at radius 2 is 1.43 bits per heavy atom. The third-order valence-corrected chi connectivity index (χ3v) is 12.3. The summed E-state index contributed by atoms with van der Waals surface area (Å²) in [7, 11) is 9.42. The van der Waals surface area contributed by atoms with Gasteiger partial charge in [0.05, 0.1) is 21.3 Å². The Hall–Kier alpha value is -4.48. The minimum Gasteiger partial charge on any atom is -0.493 e. The molecule has 10 nitrogen and oxygen atoms in total. The second kappa shape index (κ2) is 16.5. The number of likely N-dealkylation sites (N-methyl/N-ethyl adjacent to an activating group) is 2. The Bertz CT molecular complexity index is 2020. The highest BCUT2D eigenvalue weighted by Gasteiger charge is 2.35. The zero-order valence-corrected chi connectivity index (χ0v) is 33.8. The predicted octanol–water partition coefficient (Wildman–Crippen LogP) is 7.63. The average Bonchev–Trinajstić information content (AvgIpc) is 3.19. The molecule has 0 amide bonds. The zero-order chi connectivity index (χ0) is 38.9. The normalized spacial score (nSPS) is 21.8. The van der Waals surface area contributed by atoms with Gasteiger partial charge in [0, 0.05) is 43.8 Å². The van der Waals surface area contributed by atoms with Gasteiger partial charge in [-0.25, -0.2) is 0 Å². The van der Waals surface area contributed by atoms with E-state index < -0.39 is 6.10 Å². The summed E-state index contributed by atoms with van der Waals surface area (Å²) in [6.45, 7) is 6.70. The highest BCUT2D eigenvalue weighted by Crippen LogP contribution is 2.52. The average molecular weight is 764 g/mol.